The van der Waals surface area contributed by atoms with Gasteiger partial charge in [-0.2, -0.15) is 0 Å². The van der Waals surface area contributed by atoms with E-state index in [4.69, 9.17) is 4.74 Å². The number of hydrogen-bond acceptors (Lipinski definition) is 3. The van der Waals surface area contributed by atoms with Gasteiger partial charge in [-0.1, -0.05) is 24.3 Å². The largest absolute Gasteiger partial charge is 0.493 e. The molecular weight excluding hydrogens is 348 g/mol. The molecule has 2 amide bonds. The van der Waals surface area contributed by atoms with Gasteiger partial charge in [0.05, 0.1) is 17.7 Å². The van der Waals surface area contributed by atoms with Crippen LogP contribution in [0, 0.1) is 0 Å². The summed E-state index contributed by atoms with van der Waals surface area (Å²) in [7, 11) is 0. The van der Waals surface area contributed by atoms with Gasteiger partial charge in [0.2, 0.25) is 0 Å². The molecule has 0 atom stereocenters. The molecule has 6 heteroatoms. The van der Waals surface area contributed by atoms with Crippen molar-refractivity contribution in [1.29, 1.82) is 0 Å². The van der Waals surface area contributed by atoms with Gasteiger partial charge in [0.25, 0.3) is 11.8 Å². The van der Waals surface area contributed by atoms with Crippen LogP contribution < -0.4 is 15.6 Å². The number of hydrazine groups is 1. The van der Waals surface area contributed by atoms with Gasteiger partial charge in [0, 0.05) is 4.47 Å². The molecule has 0 radical (unpaired) electrons. The molecule has 0 aliphatic rings. The van der Waals surface area contributed by atoms with E-state index in [0.717, 1.165) is 0 Å². The van der Waals surface area contributed by atoms with Crippen molar-refractivity contribution in [1.82, 2.24) is 10.9 Å². The number of carbonyl (C=O) groups is 2. The maximum Gasteiger partial charge on any atom is 0.273 e. The zero-order chi connectivity index (χ0) is 15.9. The summed E-state index contributed by atoms with van der Waals surface area (Å²) in [6, 6.07) is 13.8. The van der Waals surface area contributed by atoms with Gasteiger partial charge >= 0.3 is 0 Å². The number of amides is 2. The monoisotopic (exact) mass is 362 g/mol. The van der Waals surface area contributed by atoms with Crippen LogP contribution in [0.25, 0.3) is 0 Å². The van der Waals surface area contributed by atoms with E-state index in [1.54, 1.807) is 48.5 Å². The Bertz CT molecular complexity index is 689. The van der Waals surface area contributed by atoms with Crippen LogP contribution in [-0.4, -0.2) is 18.4 Å². The maximum atomic E-state index is 12.1. The minimum atomic E-state index is -0.440. The lowest BCUT2D eigenvalue weighted by molar-refractivity contribution is 0.0844. The molecule has 5 nitrogen and oxygen atoms in total. The Labute approximate surface area is 136 Å². The van der Waals surface area contributed by atoms with Crippen LogP contribution in [0.5, 0.6) is 5.75 Å². The summed E-state index contributed by atoms with van der Waals surface area (Å²) in [4.78, 5) is 24.2. The van der Waals surface area contributed by atoms with Crippen LogP contribution >= 0.6 is 15.9 Å². The molecule has 22 heavy (non-hydrogen) atoms. The van der Waals surface area contributed by atoms with Crippen molar-refractivity contribution >= 4 is 27.7 Å². The minimum Gasteiger partial charge on any atom is -0.493 e. The van der Waals surface area contributed by atoms with Gasteiger partial charge in [-0.3, -0.25) is 20.4 Å². The van der Waals surface area contributed by atoms with Gasteiger partial charge in [-0.15, -0.1) is 0 Å². The second kappa shape index (κ2) is 7.61. The van der Waals surface area contributed by atoms with Crippen molar-refractivity contribution in [3.63, 3.8) is 0 Å². The van der Waals surface area contributed by atoms with E-state index in [-0.39, 0.29) is 0 Å². The molecule has 0 aromatic heterocycles. The molecule has 0 unspecified atom stereocenters. The topological polar surface area (TPSA) is 67.4 Å². The highest BCUT2D eigenvalue weighted by Crippen LogP contribution is 2.18. The van der Waals surface area contributed by atoms with E-state index in [2.05, 4.69) is 26.8 Å². The Morgan fingerprint density at radius 1 is 0.955 bits per heavy atom. The summed E-state index contributed by atoms with van der Waals surface area (Å²) < 4.78 is 6.04. The lowest BCUT2D eigenvalue weighted by Crippen LogP contribution is -2.41. The van der Waals surface area contributed by atoms with Crippen LogP contribution in [0.2, 0.25) is 0 Å². The number of para-hydroxylation sites is 1. The first-order valence-electron chi connectivity index (χ1n) is 6.70. The number of ether oxygens (including phenoxy) is 1. The number of carbonyl (C=O) groups excluding carboxylic acids is 2. The SMILES string of the molecule is CCOc1ccccc1C(=O)NNC(=O)c1ccccc1Br. The van der Waals surface area contributed by atoms with Crippen LogP contribution in [0.15, 0.2) is 53.0 Å². The van der Waals surface area contributed by atoms with Crippen LogP contribution in [0.3, 0.4) is 0 Å². The summed E-state index contributed by atoms with van der Waals surface area (Å²) >= 11 is 3.29. The third-order valence-electron chi connectivity index (χ3n) is 2.84. The summed E-state index contributed by atoms with van der Waals surface area (Å²) in [6.07, 6.45) is 0. The lowest BCUT2D eigenvalue weighted by atomic mass is 10.2. The van der Waals surface area contributed by atoms with E-state index >= 15 is 0 Å². The van der Waals surface area contributed by atoms with Gasteiger partial charge in [-0.05, 0) is 47.1 Å². The van der Waals surface area contributed by atoms with Crippen molar-refractivity contribution < 1.29 is 14.3 Å². The first kappa shape index (κ1) is 16.0. The molecule has 114 valence electrons. The Morgan fingerprint density at radius 2 is 1.50 bits per heavy atom. The second-order valence-corrected chi connectivity index (χ2v) is 5.17. The fraction of sp³-hybridized carbons (Fsp3) is 0.125. The highest BCUT2D eigenvalue weighted by molar-refractivity contribution is 9.10. The molecule has 0 heterocycles. The van der Waals surface area contributed by atoms with E-state index in [9.17, 15) is 9.59 Å². The van der Waals surface area contributed by atoms with Crippen molar-refractivity contribution in [3.8, 4) is 5.75 Å². The second-order valence-electron chi connectivity index (χ2n) is 4.32. The van der Waals surface area contributed by atoms with Crippen molar-refractivity contribution in [2.45, 2.75) is 6.92 Å². The predicted octanol–water partition coefficient (Wildman–Crippen LogP) is 2.92. The lowest BCUT2D eigenvalue weighted by Gasteiger charge is -2.11. The zero-order valence-electron chi connectivity index (χ0n) is 11.9. The summed E-state index contributed by atoms with van der Waals surface area (Å²) in [5.41, 5.74) is 5.56. The van der Waals surface area contributed by atoms with Crippen molar-refractivity contribution in [2.75, 3.05) is 6.61 Å². The number of benzene rings is 2. The molecular formula is C16H15BrN2O3. The third-order valence-corrected chi connectivity index (χ3v) is 3.53. The van der Waals surface area contributed by atoms with Crippen LogP contribution in [0.1, 0.15) is 27.6 Å². The van der Waals surface area contributed by atoms with Crippen molar-refractivity contribution in [3.05, 3.63) is 64.1 Å². The number of nitrogens with one attached hydrogen (secondary N) is 2. The molecule has 2 aromatic carbocycles. The van der Waals surface area contributed by atoms with E-state index < -0.39 is 11.8 Å². The summed E-state index contributed by atoms with van der Waals surface area (Å²) in [5, 5.41) is 0. The molecule has 0 fully saturated rings. The molecule has 0 aliphatic heterocycles. The highest BCUT2D eigenvalue weighted by Gasteiger charge is 2.14. The van der Waals surface area contributed by atoms with Gasteiger partial charge in [-0.25, -0.2) is 0 Å². The first-order valence-corrected chi connectivity index (χ1v) is 7.49. The van der Waals surface area contributed by atoms with E-state index in [0.29, 0.717) is 28.0 Å². The number of hydrogen-bond donors (Lipinski definition) is 2. The Balaban J connectivity index is 2.04. The van der Waals surface area contributed by atoms with Gasteiger partial charge in [0.1, 0.15) is 5.75 Å². The maximum absolute atomic E-state index is 12.1. The quantitative estimate of drug-likeness (QED) is 0.821. The van der Waals surface area contributed by atoms with Crippen LogP contribution in [0.4, 0.5) is 0 Å². The minimum absolute atomic E-state index is 0.358. The summed E-state index contributed by atoms with van der Waals surface area (Å²) in [6.45, 7) is 2.29. The highest BCUT2D eigenvalue weighted by atomic mass is 79.9. The smallest absolute Gasteiger partial charge is 0.273 e. The number of halogens is 1. The zero-order valence-corrected chi connectivity index (χ0v) is 13.5. The average molecular weight is 363 g/mol. The number of rotatable bonds is 4. The fourth-order valence-electron chi connectivity index (χ4n) is 1.83. The Hall–Kier alpha value is -2.34. The Kier molecular flexibility index (Phi) is 5.55. The van der Waals surface area contributed by atoms with Gasteiger partial charge in [0.15, 0.2) is 0 Å². The molecule has 2 rings (SSSR count). The van der Waals surface area contributed by atoms with Crippen LogP contribution in [-0.2, 0) is 0 Å². The molecule has 2 aromatic rings. The first-order chi connectivity index (χ1) is 10.6. The molecule has 0 saturated heterocycles. The molecule has 0 aliphatic carbocycles. The molecule has 0 bridgehead atoms. The normalized spacial score (nSPS) is 9.91. The Morgan fingerprint density at radius 3 is 2.14 bits per heavy atom. The standard InChI is InChI=1S/C16H15BrN2O3/c1-2-22-14-10-6-4-8-12(14)16(21)19-18-15(20)11-7-3-5-9-13(11)17/h3-10H,2H2,1H3,(H,18,20)(H,19,21). The summed E-state index contributed by atoms with van der Waals surface area (Å²) in [5.74, 6) is -0.378. The van der Waals surface area contributed by atoms with E-state index in [1.165, 1.54) is 0 Å². The van der Waals surface area contributed by atoms with Crippen molar-refractivity contribution in [2.24, 2.45) is 0 Å². The molecule has 2 N–H and O–H groups in total. The average Bonchev–Trinajstić information content (AvgIpc) is 2.53. The van der Waals surface area contributed by atoms with Gasteiger partial charge < -0.3 is 4.74 Å². The van der Waals surface area contributed by atoms with E-state index in [1.807, 2.05) is 6.92 Å². The third kappa shape index (κ3) is 3.85. The predicted molar refractivity (Wildman–Crippen MR) is 86.7 cm³/mol. The molecule has 0 spiro atoms. The molecule has 0 saturated carbocycles. The fourth-order valence-corrected chi connectivity index (χ4v) is 2.29.